The average molecular weight is 430 g/mol. The summed E-state index contributed by atoms with van der Waals surface area (Å²) < 4.78 is 7.20. The van der Waals surface area contributed by atoms with Crippen LogP contribution >= 0.6 is 0 Å². The number of pyridine rings is 1. The quantitative estimate of drug-likeness (QED) is 0.457. The van der Waals surface area contributed by atoms with Crippen molar-refractivity contribution < 1.29 is 4.74 Å². The number of benzene rings is 2. The van der Waals surface area contributed by atoms with Gasteiger partial charge in [-0.05, 0) is 56.2 Å². The third-order valence-corrected chi connectivity index (χ3v) is 5.50. The summed E-state index contributed by atoms with van der Waals surface area (Å²) >= 11 is 0. The molecule has 0 unspecified atom stereocenters. The maximum Gasteiger partial charge on any atom is 0.250 e. The van der Waals surface area contributed by atoms with Crippen molar-refractivity contribution in [3.8, 4) is 16.9 Å². The van der Waals surface area contributed by atoms with Crippen molar-refractivity contribution in [2.75, 3.05) is 18.2 Å². The summed E-state index contributed by atoms with van der Waals surface area (Å²) in [5.74, 6) is 2.07. The number of ether oxygens (including phenoxy) is 1. The molecule has 7 nitrogen and oxygen atoms in total. The molecule has 164 valence electrons. The van der Waals surface area contributed by atoms with Crippen LogP contribution in [-0.4, -0.2) is 21.6 Å². The summed E-state index contributed by atoms with van der Waals surface area (Å²) in [4.78, 5) is 21.2. The van der Waals surface area contributed by atoms with Gasteiger partial charge in [-0.3, -0.25) is 4.79 Å². The lowest BCUT2D eigenvalue weighted by atomic mass is 10.0. The first-order valence-corrected chi connectivity index (χ1v) is 10.4. The van der Waals surface area contributed by atoms with E-state index in [-0.39, 0.29) is 11.6 Å². The largest absolute Gasteiger partial charge is 0.496 e. The van der Waals surface area contributed by atoms with Gasteiger partial charge in [0, 0.05) is 47.6 Å². The Kier molecular flexibility index (Phi) is 5.57. The van der Waals surface area contributed by atoms with E-state index in [1.807, 2.05) is 38.1 Å². The van der Waals surface area contributed by atoms with Gasteiger partial charge in [-0.1, -0.05) is 6.07 Å². The molecule has 0 spiro atoms. The summed E-state index contributed by atoms with van der Waals surface area (Å²) in [5, 5.41) is 4.40. The number of aryl methyl sites for hydroxylation is 3. The fourth-order valence-electron chi connectivity index (χ4n) is 3.91. The lowest BCUT2D eigenvalue weighted by Gasteiger charge is -2.19. The zero-order valence-electron chi connectivity index (χ0n) is 18.9. The number of hydrogen-bond donors (Lipinski definition) is 2. The van der Waals surface area contributed by atoms with Crippen molar-refractivity contribution in [1.82, 2.24) is 14.5 Å². The maximum absolute atomic E-state index is 11.9. The van der Waals surface area contributed by atoms with E-state index < -0.39 is 0 Å². The molecule has 4 aromatic rings. The number of hydrogen-bond acceptors (Lipinski definition) is 6. The second-order valence-corrected chi connectivity index (χ2v) is 8.10. The molecule has 0 bridgehead atoms. The third-order valence-electron chi connectivity index (χ3n) is 5.50. The molecular weight excluding hydrogens is 402 g/mol. The van der Waals surface area contributed by atoms with Crippen molar-refractivity contribution in [2.24, 2.45) is 7.05 Å². The first-order valence-electron chi connectivity index (χ1n) is 10.4. The van der Waals surface area contributed by atoms with E-state index in [9.17, 15) is 4.79 Å². The Hall–Kier alpha value is -3.87. The zero-order chi connectivity index (χ0) is 23.0. The lowest BCUT2D eigenvalue weighted by molar-refractivity contribution is 0.417. The van der Waals surface area contributed by atoms with Gasteiger partial charge >= 0.3 is 0 Å². The summed E-state index contributed by atoms with van der Waals surface area (Å²) in [6.45, 7) is 5.98. The van der Waals surface area contributed by atoms with E-state index in [1.165, 1.54) is 0 Å². The third kappa shape index (κ3) is 4.14. The topological polar surface area (TPSA) is 95.1 Å². The lowest BCUT2D eigenvalue weighted by Crippen LogP contribution is -2.14. The molecule has 2 aromatic carbocycles. The Labute approximate surface area is 186 Å². The molecule has 0 aliphatic heterocycles. The Morgan fingerprint density at radius 3 is 2.56 bits per heavy atom. The fourth-order valence-corrected chi connectivity index (χ4v) is 3.91. The first kappa shape index (κ1) is 21.4. The predicted molar refractivity (Wildman–Crippen MR) is 129 cm³/mol. The maximum atomic E-state index is 11.9. The molecule has 0 saturated heterocycles. The van der Waals surface area contributed by atoms with E-state index in [1.54, 1.807) is 37.1 Å². The molecule has 4 rings (SSSR count). The Balaban J connectivity index is 1.85. The Morgan fingerprint density at radius 1 is 1.09 bits per heavy atom. The van der Waals surface area contributed by atoms with Crippen LogP contribution in [0.2, 0.25) is 0 Å². The minimum atomic E-state index is -0.0685. The number of aromatic nitrogens is 3. The standard InChI is InChI=1S/C25H27N5O2/c1-14-8-18(10-19(26)9-14)15(2)27-25-21-11-20(17-6-7-24(31)30(4)13-17)23(32-5)12-22(21)28-16(3)29-25/h6-13,15H,26H2,1-5H3,(H,27,28,29)/t15-/m1/s1. The highest BCUT2D eigenvalue weighted by molar-refractivity contribution is 5.95. The number of nitrogens with one attached hydrogen (secondary N) is 1. The normalized spacial score (nSPS) is 12.0. The van der Waals surface area contributed by atoms with Crippen molar-refractivity contribution in [1.29, 1.82) is 0 Å². The molecule has 3 N–H and O–H groups in total. The van der Waals surface area contributed by atoms with Gasteiger partial charge in [0.15, 0.2) is 0 Å². The first-order chi connectivity index (χ1) is 15.2. The summed E-state index contributed by atoms with van der Waals surface area (Å²) in [5.41, 5.74) is 11.4. The fraction of sp³-hybridized carbons (Fsp3) is 0.240. The van der Waals surface area contributed by atoms with Crippen LogP contribution in [0.25, 0.3) is 22.0 Å². The molecular formula is C25H27N5O2. The van der Waals surface area contributed by atoms with E-state index >= 15 is 0 Å². The van der Waals surface area contributed by atoms with Gasteiger partial charge in [0.1, 0.15) is 17.4 Å². The number of rotatable bonds is 5. The van der Waals surface area contributed by atoms with Gasteiger partial charge in [0.2, 0.25) is 5.56 Å². The number of methoxy groups -OCH3 is 1. The van der Waals surface area contributed by atoms with Crippen LogP contribution in [0, 0.1) is 13.8 Å². The minimum Gasteiger partial charge on any atom is -0.496 e. The second kappa shape index (κ2) is 8.34. The average Bonchev–Trinajstić information content (AvgIpc) is 2.74. The molecule has 7 heteroatoms. The van der Waals surface area contributed by atoms with Gasteiger partial charge in [0.25, 0.3) is 0 Å². The Bertz CT molecular complexity index is 1360. The molecule has 0 radical (unpaired) electrons. The molecule has 0 fully saturated rings. The van der Waals surface area contributed by atoms with Gasteiger partial charge in [0.05, 0.1) is 18.7 Å². The highest BCUT2D eigenvalue weighted by Gasteiger charge is 2.16. The SMILES string of the molecule is COc1cc2nc(C)nc(N[C@H](C)c3cc(C)cc(N)c3)c2cc1-c1ccc(=O)n(C)c1. The van der Waals surface area contributed by atoms with Crippen LogP contribution in [0.4, 0.5) is 11.5 Å². The molecule has 2 heterocycles. The Morgan fingerprint density at radius 2 is 1.88 bits per heavy atom. The summed E-state index contributed by atoms with van der Waals surface area (Å²) in [6.07, 6.45) is 1.80. The van der Waals surface area contributed by atoms with Crippen LogP contribution < -0.4 is 21.3 Å². The van der Waals surface area contributed by atoms with Crippen LogP contribution in [-0.2, 0) is 7.05 Å². The van der Waals surface area contributed by atoms with E-state index in [0.29, 0.717) is 11.6 Å². The van der Waals surface area contributed by atoms with Gasteiger partial charge in [-0.25, -0.2) is 9.97 Å². The van der Waals surface area contributed by atoms with Crippen LogP contribution in [0.5, 0.6) is 5.75 Å². The number of anilines is 2. The summed E-state index contributed by atoms with van der Waals surface area (Å²) in [7, 11) is 3.36. The molecule has 0 saturated carbocycles. The van der Waals surface area contributed by atoms with Gasteiger partial charge in [-0.2, -0.15) is 0 Å². The van der Waals surface area contributed by atoms with Crippen molar-refractivity contribution in [3.63, 3.8) is 0 Å². The van der Waals surface area contributed by atoms with E-state index in [4.69, 9.17) is 10.5 Å². The molecule has 1 atom stereocenters. The number of nitrogens with two attached hydrogens (primary N) is 1. The summed E-state index contributed by atoms with van der Waals surface area (Å²) in [6, 6.07) is 13.3. The number of nitrogens with zero attached hydrogens (tertiary/aromatic N) is 3. The predicted octanol–water partition coefficient (Wildman–Crippen LogP) is 4.38. The molecule has 2 aromatic heterocycles. The van der Waals surface area contributed by atoms with E-state index in [2.05, 4.69) is 28.3 Å². The van der Waals surface area contributed by atoms with Crippen molar-refractivity contribution >= 4 is 22.4 Å². The molecule has 0 amide bonds. The highest BCUT2D eigenvalue weighted by Crippen LogP contribution is 2.36. The van der Waals surface area contributed by atoms with Crippen molar-refractivity contribution in [2.45, 2.75) is 26.8 Å². The highest BCUT2D eigenvalue weighted by atomic mass is 16.5. The van der Waals surface area contributed by atoms with E-state index in [0.717, 1.165) is 44.7 Å². The number of nitrogen functional groups attached to an aromatic ring is 1. The monoisotopic (exact) mass is 429 g/mol. The van der Waals surface area contributed by atoms with Gasteiger partial charge < -0.3 is 20.4 Å². The van der Waals surface area contributed by atoms with Crippen molar-refractivity contribution in [3.05, 3.63) is 76.0 Å². The van der Waals surface area contributed by atoms with Gasteiger partial charge in [-0.15, -0.1) is 0 Å². The minimum absolute atomic E-state index is 0.0159. The van der Waals surface area contributed by atoms with Crippen LogP contribution in [0.15, 0.2) is 53.5 Å². The number of fused-ring (bicyclic) bond motifs is 1. The molecule has 0 aliphatic rings. The molecule has 32 heavy (non-hydrogen) atoms. The molecule has 0 aliphatic carbocycles. The van der Waals surface area contributed by atoms with Crippen LogP contribution in [0.1, 0.15) is 29.9 Å². The smallest absolute Gasteiger partial charge is 0.250 e. The zero-order valence-corrected chi connectivity index (χ0v) is 18.9. The van der Waals surface area contributed by atoms with Crippen LogP contribution in [0.3, 0.4) is 0 Å². The second-order valence-electron chi connectivity index (χ2n) is 8.10.